The van der Waals surface area contributed by atoms with Crippen LogP contribution < -0.4 is 5.32 Å². The Hall–Kier alpha value is -0.990. The maximum Gasteiger partial charge on any atom is 0.251 e. The second kappa shape index (κ2) is 8.80. The maximum absolute atomic E-state index is 12.5. The zero-order valence-electron chi connectivity index (χ0n) is 16.4. The van der Waals surface area contributed by atoms with Gasteiger partial charge in [0, 0.05) is 57.7 Å². The molecule has 0 aromatic rings. The van der Waals surface area contributed by atoms with Crippen LogP contribution in [0, 0.1) is 0 Å². The quantitative estimate of drug-likeness (QED) is 0.557. The molecule has 0 saturated carbocycles. The van der Waals surface area contributed by atoms with Gasteiger partial charge in [-0.1, -0.05) is 0 Å². The van der Waals surface area contributed by atoms with Gasteiger partial charge in [0.25, 0.3) is 5.91 Å². The van der Waals surface area contributed by atoms with Gasteiger partial charge in [-0.05, 0) is 39.1 Å². The van der Waals surface area contributed by atoms with E-state index in [1.54, 1.807) is 0 Å². The minimum Gasteiger partial charge on any atom is -0.368 e. The largest absolute Gasteiger partial charge is 0.368 e. The van der Waals surface area contributed by atoms with Gasteiger partial charge in [0.05, 0.1) is 0 Å². The fourth-order valence-corrected chi connectivity index (χ4v) is 5.49. The number of amides is 1. The van der Waals surface area contributed by atoms with Crippen LogP contribution >= 0.6 is 11.8 Å². The van der Waals surface area contributed by atoms with Crippen molar-refractivity contribution in [3.8, 4) is 0 Å². The molecule has 148 valence electrons. The molecule has 7 nitrogen and oxygen atoms in total. The van der Waals surface area contributed by atoms with E-state index in [2.05, 4.69) is 34.2 Å². The first-order chi connectivity index (χ1) is 12.6. The number of nitrogens with one attached hydrogen (secondary N) is 1. The highest BCUT2D eigenvalue weighted by molar-refractivity contribution is 7.99. The summed E-state index contributed by atoms with van der Waals surface area (Å²) < 4.78 is 5.54. The molecular formula is C18H33N5O2S. The first-order valence-corrected chi connectivity index (χ1v) is 10.8. The van der Waals surface area contributed by atoms with Gasteiger partial charge in [-0.15, -0.1) is 0 Å². The Kier molecular flexibility index (Phi) is 6.69. The first-order valence-electron chi connectivity index (χ1n) is 9.67. The smallest absolute Gasteiger partial charge is 0.251 e. The molecule has 2 unspecified atom stereocenters. The van der Waals surface area contributed by atoms with Crippen molar-refractivity contribution in [2.45, 2.75) is 30.9 Å². The van der Waals surface area contributed by atoms with Gasteiger partial charge in [0.2, 0.25) is 0 Å². The number of carbonyl (C=O) groups is 1. The Balaban J connectivity index is 1.50. The van der Waals surface area contributed by atoms with Crippen molar-refractivity contribution < 1.29 is 9.53 Å². The van der Waals surface area contributed by atoms with E-state index in [9.17, 15) is 4.79 Å². The summed E-state index contributed by atoms with van der Waals surface area (Å²) in [6.45, 7) is 4.76. The lowest BCUT2D eigenvalue weighted by molar-refractivity contribution is -0.142. The summed E-state index contributed by atoms with van der Waals surface area (Å²) in [5.74, 6) is 3.50. The van der Waals surface area contributed by atoms with Gasteiger partial charge in [-0.2, -0.15) is 11.8 Å². The number of hydrogen-bond donors (Lipinski definition) is 1. The van der Waals surface area contributed by atoms with Crippen molar-refractivity contribution in [3.05, 3.63) is 0 Å². The third-order valence-electron chi connectivity index (χ3n) is 5.91. The summed E-state index contributed by atoms with van der Waals surface area (Å²) in [7, 11) is 6.19. The lowest BCUT2D eigenvalue weighted by Crippen LogP contribution is -2.58. The highest BCUT2D eigenvalue weighted by Gasteiger charge is 2.37. The topological polar surface area (TPSA) is 60.4 Å². The molecule has 3 saturated heterocycles. The Morgan fingerprint density at radius 1 is 1.31 bits per heavy atom. The maximum atomic E-state index is 12.5. The van der Waals surface area contributed by atoms with E-state index >= 15 is 0 Å². The van der Waals surface area contributed by atoms with E-state index in [1.807, 2.05) is 23.7 Å². The molecular weight excluding hydrogens is 350 g/mol. The number of ether oxygens (including phenoxy) is 1. The van der Waals surface area contributed by atoms with Crippen molar-refractivity contribution in [1.29, 1.82) is 0 Å². The van der Waals surface area contributed by atoms with Gasteiger partial charge >= 0.3 is 0 Å². The van der Waals surface area contributed by atoms with Gasteiger partial charge in [-0.3, -0.25) is 9.79 Å². The number of nitrogens with zero attached hydrogens (tertiary/aromatic N) is 4. The monoisotopic (exact) mass is 383 g/mol. The van der Waals surface area contributed by atoms with Crippen molar-refractivity contribution >= 4 is 23.6 Å². The molecule has 3 aliphatic rings. The summed E-state index contributed by atoms with van der Waals surface area (Å²) in [6.07, 6.45) is 2.86. The van der Waals surface area contributed by atoms with Crippen LogP contribution in [0.4, 0.5) is 0 Å². The van der Waals surface area contributed by atoms with Crippen LogP contribution in [-0.2, 0) is 9.53 Å². The SMILES string of the molecule is CN=C(NCC1(N(C)C)CCSC1)N1CCN(C(=O)C2CCCO2)CC1. The van der Waals surface area contributed by atoms with Crippen molar-refractivity contribution in [1.82, 2.24) is 20.0 Å². The highest BCUT2D eigenvalue weighted by Crippen LogP contribution is 2.31. The Labute approximate surface area is 161 Å². The minimum absolute atomic E-state index is 0.166. The van der Waals surface area contributed by atoms with Crippen LogP contribution in [0.25, 0.3) is 0 Å². The summed E-state index contributed by atoms with van der Waals surface area (Å²) in [5, 5.41) is 3.60. The molecule has 0 spiro atoms. The second-order valence-corrected chi connectivity index (χ2v) is 8.74. The summed E-state index contributed by atoms with van der Waals surface area (Å²) >= 11 is 2.03. The molecule has 8 heteroatoms. The predicted molar refractivity (Wildman–Crippen MR) is 107 cm³/mol. The lowest BCUT2D eigenvalue weighted by Gasteiger charge is -2.40. The number of hydrogen-bond acceptors (Lipinski definition) is 5. The molecule has 1 N–H and O–H groups in total. The number of rotatable bonds is 4. The molecule has 3 aliphatic heterocycles. The standard InChI is InChI=1S/C18H33N5O2S/c1-19-17(20-13-18(21(2)3)6-12-26-14-18)23-9-7-22(8-10-23)16(24)15-5-4-11-25-15/h15H,4-14H2,1-3H3,(H,19,20). The van der Waals surface area contributed by atoms with Gasteiger partial charge < -0.3 is 24.8 Å². The number of thioether (sulfide) groups is 1. The zero-order chi connectivity index (χ0) is 18.6. The van der Waals surface area contributed by atoms with Crippen molar-refractivity contribution in [3.63, 3.8) is 0 Å². The van der Waals surface area contributed by atoms with Crippen LogP contribution in [0.5, 0.6) is 0 Å². The summed E-state index contributed by atoms with van der Waals surface area (Å²) in [4.78, 5) is 23.6. The van der Waals surface area contributed by atoms with Crippen LogP contribution in [0.15, 0.2) is 4.99 Å². The number of aliphatic imine (C=N–C) groups is 1. The molecule has 26 heavy (non-hydrogen) atoms. The third kappa shape index (κ3) is 4.28. The minimum atomic E-state index is -0.209. The second-order valence-electron chi connectivity index (χ2n) is 7.64. The molecule has 0 aromatic carbocycles. The average Bonchev–Trinajstić information content (AvgIpc) is 3.35. The van der Waals surface area contributed by atoms with Crippen LogP contribution in [0.2, 0.25) is 0 Å². The Morgan fingerprint density at radius 2 is 2.04 bits per heavy atom. The molecule has 1 amide bonds. The molecule has 3 rings (SSSR count). The van der Waals surface area contributed by atoms with Gasteiger partial charge in [0.15, 0.2) is 5.96 Å². The zero-order valence-corrected chi connectivity index (χ0v) is 17.2. The fraction of sp³-hybridized carbons (Fsp3) is 0.889. The van der Waals surface area contributed by atoms with E-state index in [4.69, 9.17) is 4.74 Å². The molecule has 3 fully saturated rings. The van der Waals surface area contributed by atoms with Crippen LogP contribution in [0.3, 0.4) is 0 Å². The molecule has 0 aliphatic carbocycles. The number of piperazine rings is 1. The highest BCUT2D eigenvalue weighted by atomic mass is 32.2. The first kappa shape index (κ1) is 19.8. The number of likely N-dealkylation sites (N-methyl/N-ethyl adjacent to an activating group) is 1. The molecule has 0 bridgehead atoms. The number of carbonyl (C=O) groups excluding carboxylic acids is 1. The average molecular weight is 384 g/mol. The van der Waals surface area contributed by atoms with Crippen LogP contribution in [-0.4, -0.2) is 110 Å². The van der Waals surface area contributed by atoms with Gasteiger partial charge in [0.1, 0.15) is 6.10 Å². The molecule has 0 radical (unpaired) electrons. The summed E-state index contributed by atoms with van der Waals surface area (Å²) in [5.41, 5.74) is 0.207. The van der Waals surface area contributed by atoms with Crippen molar-refractivity contribution in [2.75, 3.05) is 72.0 Å². The lowest BCUT2D eigenvalue weighted by atomic mass is 9.97. The number of guanidine groups is 1. The Morgan fingerprint density at radius 3 is 2.58 bits per heavy atom. The van der Waals surface area contributed by atoms with E-state index in [0.717, 1.165) is 63.9 Å². The van der Waals surface area contributed by atoms with E-state index in [1.165, 1.54) is 12.2 Å². The Bertz CT molecular complexity index is 508. The third-order valence-corrected chi connectivity index (χ3v) is 7.15. The summed E-state index contributed by atoms with van der Waals surface area (Å²) in [6, 6.07) is 0. The molecule has 3 heterocycles. The van der Waals surface area contributed by atoms with E-state index in [-0.39, 0.29) is 17.6 Å². The van der Waals surface area contributed by atoms with E-state index in [0.29, 0.717) is 0 Å². The van der Waals surface area contributed by atoms with Gasteiger partial charge in [-0.25, -0.2) is 0 Å². The predicted octanol–water partition coefficient (Wildman–Crippen LogP) is 0.322. The normalized spacial score (nSPS) is 30.3. The van der Waals surface area contributed by atoms with E-state index < -0.39 is 0 Å². The molecule has 0 aromatic heterocycles. The van der Waals surface area contributed by atoms with Crippen molar-refractivity contribution in [2.24, 2.45) is 4.99 Å². The molecule has 2 atom stereocenters. The van der Waals surface area contributed by atoms with Crippen LogP contribution in [0.1, 0.15) is 19.3 Å². The fourth-order valence-electron chi connectivity index (χ4n) is 3.94.